The van der Waals surface area contributed by atoms with E-state index < -0.39 is 34.4 Å². The number of carbonyl (C=O) groups excluding carboxylic acids is 2. The summed E-state index contributed by atoms with van der Waals surface area (Å²) in [6.07, 6.45) is -3.79. The number of alkyl halides is 3. The van der Waals surface area contributed by atoms with Gasteiger partial charge in [-0.2, -0.15) is 13.2 Å². The minimum atomic E-state index is -4.73. The molecule has 0 atom stereocenters. The van der Waals surface area contributed by atoms with Crippen LogP contribution in [0.25, 0.3) is 0 Å². The number of aromatic nitrogens is 1. The molecule has 1 aromatic rings. The summed E-state index contributed by atoms with van der Waals surface area (Å²) in [6, 6.07) is -0.189. The largest absolute Gasteiger partial charge is 0.419 e. The van der Waals surface area contributed by atoms with E-state index in [4.69, 9.17) is 11.6 Å². The Morgan fingerprint density at radius 2 is 1.95 bits per heavy atom. The molecule has 0 spiro atoms. The minimum absolute atomic E-state index is 0.283. The van der Waals surface area contributed by atoms with Gasteiger partial charge in [0.2, 0.25) is 0 Å². The van der Waals surface area contributed by atoms with Gasteiger partial charge in [-0.3, -0.25) is 4.79 Å². The fourth-order valence-electron chi connectivity index (χ4n) is 1.74. The van der Waals surface area contributed by atoms with E-state index >= 15 is 0 Å². The Kier molecular flexibility index (Phi) is 3.16. The maximum Gasteiger partial charge on any atom is 0.419 e. The molecule has 108 valence electrons. The molecule has 20 heavy (non-hydrogen) atoms. The maximum atomic E-state index is 12.7. The van der Waals surface area contributed by atoms with Gasteiger partial charge in [-0.1, -0.05) is 11.6 Å². The highest BCUT2D eigenvalue weighted by molar-refractivity contribution is 6.30. The summed E-state index contributed by atoms with van der Waals surface area (Å²) in [6.45, 7) is 2.89. The molecule has 0 saturated carbocycles. The van der Waals surface area contributed by atoms with Crippen molar-refractivity contribution < 1.29 is 22.8 Å². The van der Waals surface area contributed by atoms with Gasteiger partial charge in [0.1, 0.15) is 10.7 Å². The molecule has 2 rings (SSSR count). The molecular formula is C11H9ClF3N3O2. The average molecular weight is 308 g/mol. The third kappa shape index (κ3) is 2.31. The molecule has 0 aromatic carbocycles. The van der Waals surface area contributed by atoms with E-state index in [9.17, 15) is 22.8 Å². The number of rotatable bonds is 1. The Bertz CT molecular complexity index is 601. The molecule has 0 aliphatic carbocycles. The first-order chi connectivity index (χ1) is 9.04. The lowest BCUT2D eigenvalue weighted by atomic mass is 10.1. The SMILES string of the molecule is CC1(C)NC(=O)N(c2cnc(Cl)c(C(F)(F)F)c2)C1=O. The van der Waals surface area contributed by atoms with Crippen molar-refractivity contribution in [3.05, 3.63) is 23.0 Å². The highest BCUT2D eigenvalue weighted by Gasteiger charge is 2.46. The van der Waals surface area contributed by atoms with Crippen molar-refractivity contribution in [2.75, 3.05) is 4.90 Å². The molecule has 0 bridgehead atoms. The van der Waals surface area contributed by atoms with Gasteiger partial charge < -0.3 is 5.32 Å². The van der Waals surface area contributed by atoms with E-state index in [2.05, 4.69) is 10.3 Å². The second kappa shape index (κ2) is 4.34. The van der Waals surface area contributed by atoms with Crippen molar-refractivity contribution in [1.29, 1.82) is 0 Å². The van der Waals surface area contributed by atoms with Crippen LogP contribution in [0.2, 0.25) is 5.15 Å². The van der Waals surface area contributed by atoms with Crippen LogP contribution in [-0.2, 0) is 11.0 Å². The first-order valence-corrected chi connectivity index (χ1v) is 5.81. The molecule has 1 saturated heterocycles. The standard InChI is InChI=1S/C11H9ClF3N3O2/c1-10(2)8(19)18(9(20)17-10)5-3-6(11(13,14)15)7(12)16-4-5/h3-4H,1-2H3,(H,17,20). The summed E-state index contributed by atoms with van der Waals surface area (Å²) < 4.78 is 38.2. The molecule has 5 nitrogen and oxygen atoms in total. The zero-order valence-electron chi connectivity index (χ0n) is 10.4. The lowest BCUT2D eigenvalue weighted by Crippen LogP contribution is -2.40. The van der Waals surface area contributed by atoms with Gasteiger partial charge in [-0.15, -0.1) is 0 Å². The predicted octanol–water partition coefficient (Wildman–Crippen LogP) is 2.59. The molecule has 0 unspecified atom stereocenters. The molecule has 1 aromatic heterocycles. The number of hydrogen-bond donors (Lipinski definition) is 1. The Labute approximate surface area is 116 Å². The van der Waals surface area contributed by atoms with Crippen LogP contribution in [0.1, 0.15) is 19.4 Å². The zero-order chi connectivity index (χ0) is 15.3. The van der Waals surface area contributed by atoms with Gasteiger partial charge in [0.25, 0.3) is 5.91 Å². The summed E-state index contributed by atoms with van der Waals surface area (Å²) >= 11 is 5.38. The Morgan fingerprint density at radius 3 is 2.40 bits per heavy atom. The van der Waals surface area contributed by atoms with E-state index in [1.807, 2.05) is 0 Å². The van der Waals surface area contributed by atoms with Crippen molar-refractivity contribution >= 4 is 29.2 Å². The minimum Gasteiger partial charge on any atom is -0.323 e. The number of imide groups is 1. The number of anilines is 1. The lowest BCUT2D eigenvalue weighted by molar-refractivity contribution is -0.137. The quantitative estimate of drug-likeness (QED) is 0.641. The Morgan fingerprint density at radius 1 is 1.35 bits per heavy atom. The summed E-state index contributed by atoms with van der Waals surface area (Å²) in [5, 5.41) is 1.62. The number of nitrogens with one attached hydrogen (secondary N) is 1. The van der Waals surface area contributed by atoms with Crippen LogP contribution < -0.4 is 10.2 Å². The molecule has 0 radical (unpaired) electrons. The number of hydrogen-bond acceptors (Lipinski definition) is 3. The van der Waals surface area contributed by atoms with Crippen LogP contribution in [0.5, 0.6) is 0 Å². The summed E-state index contributed by atoms with van der Waals surface area (Å²) in [7, 11) is 0. The number of urea groups is 1. The zero-order valence-corrected chi connectivity index (χ0v) is 11.1. The third-order valence-electron chi connectivity index (χ3n) is 2.75. The van der Waals surface area contributed by atoms with Gasteiger partial charge in [0.15, 0.2) is 0 Å². The van der Waals surface area contributed by atoms with Crippen LogP contribution in [0.15, 0.2) is 12.3 Å². The molecule has 1 fully saturated rings. The van der Waals surface area contributed by atoms with Crippen molar-refractivity contribution in [1.82, 2.24) is 10.3 Å². The molecular weight excluding hydrogens is 299 g/mol. The van der Waals surface area contributed by atoms with Crippen molar-refractivity contribution in [2.45, 2.75) is 25.6 Å². The molecule has 1 aliphatic rings. The van der Waals surface area contributed by atoms with Crippen molar-refractivity contribution in [3.63, 3.8) is 0 Å². The normalized spacial score (nSPS) is 18.4. The van der Waals surface area contributed by atoms with Crippen molar-refractivity contribution in [2.24, 2.45) is 0 Å². The van der Waals surface area contributed by atoms with Gasteiger partial charge in [-0.25, -0.2) is 14.7 Å². The second-order valence-corrected chi connectivity index (χ2v) is 5.08. The lowest BCUT2D eigenvalue weighted by Gasteiger charge is -2.17. The third-order valence-corrected chi connectivity index (χ3v) is 3.05. The Hall–Kier alpha value is -1.83. The molecule has 3 amide bonds. The predicted molar refractivity (Wildman–Crippen MR) is 64.3 cm³/mol. The average Bonchev–Trinajstić information content (AvgIpc) is 2.48. The topological polar surface area (TPSA) is 62.3 Å². The van der Waals surface area contributed by atoms with E-state index in [1.54, 1.807) is 0 Å². The number of amides is 3. The van der Waals surface area contributed by atoms with Crippen LogP contribution in [0.3, 0.4) is 0 Å². The van der Waals surface area contributed by atoms with E-state index in [1.165, 1.54) is 13.8 Å². The number of pyridine rings is 1. The first kappa shape index (κ1) is 14.6. The smallest absolute Gasteiger partial charge is 0.323 e. The van der Waals surface area contributed by atoms with Gasteiger partial charge >= 0.3 is 12.2 Å². The molecule has 9 heteroatoms. The van der Waals surface area contributed by atoms with E-state index in [0.717, 1.165) is 6.20 Å². The highest BCUT2D eigenvalue weighted by Crippen LogP contribution is 2.36. The summed E-state index contributed by atoms with van der Waals surface area (Å²) in [5.74, 6) is -0.667. The Balaban J connectivity index is 2.50. The summed E-state index contributed by atoms with van der Waals surface area (Å²) in [5.41, 5.74) is -2.67. The fraction of sp³-hybridized carbons (Fsp3) is 0.364. The van der Waals surface area contributed by atoms with E-state index in [0.29, 0.717) is 11.0 Å². The van der Waals surface area contributed by atoms with Crippen molar-refractivity contribution in [3.8, 4) is 0 Å². The second-order valence-electron chi connectivity index (χ2n) is 4.73. The molecule has 1 N–H and O–H groups in total. The van der Waals surface area contributed by atoms with Gasteiger partial charge in [0.05, 0.1) is 17.4 Å². The van der Waals surface area contributed by atoms with Crippen LogP contribution in [0.4, 0.5) is 23.7 Å². The highest BCUT2D eigenvalue weighted by atomic mass is 35.5. The molecule has 2 heterocycles. The number of halogens is 4. The van der Waals surface area contributed by atoms with Gasteiger partial charge in [-0.05, 0) is 19.9 Å². The van der Waals surface area contributed by atoms with E-state index in [-0.39, 0.29) is 5.69 Å². The number of carbonyl (C=O) groups is 2. The summed E-state index contributed by atoms with van der Waals surface area (Å²) in [4.78, 5) is 27.7. The van der Waals surface area contributed by atoms with Gasteiger partial charge in [0, 0.05) is 0 Å². The van der Waals surface area contributed by atoms with Crippen LogP contribution in [-0.4, -0.2) is 22.5 Å². The van der Waals surface area contributed by atoms with Crippen LogP contribution in [0, 0.1) is 0 Å². The monoisotopic (exact) mass is 307 g/mol. The number of nitrogens with zero attached hydrogens (tertiary/aromatic N) is 2. The van der Waals surface area contributed by atoms with Crippen LogP contribution >= 0.6 is 11.6 Å². The first-order valence-electron chi connectivity index (χ1n) is 5.43. The maximum absolute atomic E-state index is 12.7. The molecule has 1 aliphatic heterocycles. The fourth-order valence-corrected chi connectivity index (χ4v) is 1.95.